The first kappa shape index (κ1) is 30.3. The number of amides is 1. The number of ether oxygens (including phenoxy) is 1. The van der Waals surface area contributed by atoms with Crippen LogP contribution in [0.3, 0.4) is 0 Å². The molecule has 42 heavy (non-hydrogen) atoms. The highest BCUT2D eigenvalue weighted by molar-refractivity contribution is 5.93. The summed E-state index contributed by atoms with van der Waals surface area (Å²) in [6.45, 7) is 5.77. The van der Waals surface area contributed by atoms with Crippen LogP contribution in [-0.2, 0) is 14.4 Å². The van der Waals surface area contributed by atoms with Crippen molar-refractivity contribution >= 4 is 17.5 Å². The van der Waals surface area contributed by atoms with Crippen molar-refractivity contribution < 1.29 is 19.1 Å². The van der Waals surface area contributed by atoms with Crippen molar-refractivity contribution in [2.75, 3.05) is 20.2 Å². The molecule has 0 aliphatic heterocycles. The number of rotatable bonds is 10. The summed E-state index contributed by atoms with van der Waals surface area (Å²) in [7, 11) is 1.81. The largest absolute Gasteiger partial charge is 0.494 e. The van der Waals surface area contributed by atoms with Crippen molar-refractivity contribution in [3.8, 4) is 17.6 Å². The van der Waals surface area contributed by atoms with E-state index in [2.05, 4.69) is 50.0 Å². The van der Waals surface area contributed by atoms with Gasteiger partial charge < -0.3 is 9.64 Å². The Kier molecular flexibility index (Phi) is 9.71. The Morgan fingerprint density at radius 2 is 1.83 bits per heavy atom. The highest BCUT2D eigenvalue weighted by Gasteiger charge is 2.56. The quantitative estimate of drug-likeness (QED) is 0.218. The molecule has 0 unspecified atom stereocenters. The van der Waals surface area contributed by atoms with Crippen LogP contribution >= 0.6 is 0 Å². The van der Waals surface area contributed by atoms with Gasteiger partial charge in [0, 0.05) is 44.2 Å². The van der Waals surface area contributed by atoms with Crippen LogP contribution in [0.2, 0.25) is 0 Å². The SMILES string of the molecule is CCCCN(C)C(=O)C#CCCCCCOc1ccc([C@H]2C[C@]3(C)C(=O)CC[C@H]3[C@@H]3CCC4=CC(=O)CCC4=C32)cc1. The summed E-state index contributed by atoms with van der Waals surface area (Å²) < 4.78 is 6.06. The first-order valence-electron chi connectivity index (χ1n) is 16.3. The van der Waals surface area contributed by atoms with E-state index in [4.69, 9.17) is 4.74 Å². The molecular formula is C37H47NO4. The van der Waals surface area contributed by atoms with Crippen molar-refractivity contribution in [2.45, 2.75) is 103 Å². The molecule has 4 aliphatic rings. The fourth-order valence-corrected chi connectivity index (χ4v) is 7.94. The standard InChI is InChI=1S/C37H47NO4/c1-4-5-22-38(3)35(41)11-9-7-6-8-10-23-42-29-16-12-26(13-17-29)32-25-37(2)33(20-21-34(37)40)31-18-14-27-24-28(39)15-19-30(27)36(31)32/h12-13,16-17,24,31-33H,4-8,10,14-15,18-23,25H2,1-3H3/t31-,32+,33-,37-/m0/s1. The second-order valence-corrected chi connectivity index (χ2v) is 13.1. The number of allylic oxidation sites excluding steroid dienone is 4. The number of unbranched alkanes of at least 4 members (excludes halogenated alkanes) is 4. The molecule has 0 heterocycles. The number of Topliss-reactive ketones (excluding diaryl/α,β-unsaturated/α-hetero) is 1. The lowest BCUT2D eigenvalue weighted by Gasteiger charge is -2.50. The summed E-state index contributed by atoms with van der Waals surface area (Å²) in [5.41, 5.74) is 5.23. The summed E-state index contributed by atoms with van der Waals surface area (Å²) >= 11 is 0. The second kappa shape index (κ2) is 13.4. The molecule has 0 aromatic heterocycles. The highest BCUT2D eigenvalue weighted by Crippen LogP contribution is 2.62. The summed E-state index contributed by atoms with van der Waals surface area (Å²) in [4.78, 5) is 39.1. The number of carbonyl (C=O) groups is 3. The number of nitrogens with zero attached hydrogens (tertiary/aromatic N) is 1. The van der Waals surface area contributed by atoms with Crippen LogP contribution in [0.5, 0.6) is 5.75 Å². The van der Waals surface area contributed by atoms with Gasteiger partial charge in [0.25, 0.3) is 5.91 Å². The molecule has 5 rings (SSSR count). The molecule has 0 bridgehead atoms. The smallest absolute Gasteiger partial charge is 0.298 e. The summed E-state index contributed by atoms with van der Waals surface area (Å²) in [6, 6.07) is 8.56. The topological polar surface area (TPSA) is 63.7 Å². The average Bonchev–Trinajstić information content (AvgIpc) is 3.30. The van der Waals surface area contributed by atoms with E-state index >= 15 is 0 Å². The van der Waals surface area contributed by atoms with Gasteiger partial charge in [0.2, 0.25) is 0 Å². The van der Waals surface area contributed by atoms with Gasteiger partial charge in [-0.3, -0.25) is 14.4 Å². The molecule has 0 spiro atoms. The van der Waals surface area contributed by atoms with Crippen molar-refractivity contribution in [1.29, 1.82) is 0 Å². The Balaban J connectivity index is 1.18. The Hall–Kier alpha value is -3.13. The van der Waals surface area contributed by atoms with E-state index in [0.29, 0.717) is 37.1 Å². The lowest BCUT2D eigenvalue weighted by Crippen LogP contribution is -2.43. The summed E-state index contributed by atoms with van der Waals surface area (Å²) in [6.07, 6.45) is 13.7. The van der Waals surface area contributed by atoms with E-state index in [1.54, 1.807) is 4.90 Å². The van der Waals surface area contributed by atoms with Gasteiger partial charge in [0.15, 0.2) is 5.78 Å². The van der Waals surface area contributed by atoms with E-state index in [1.807, 2.05) is 13.1 Å². The summed E-state index contributed by atoms with van der Waals surface area (Å²) in [5.74, 6) is 8.37. The zero-order valence-electron chi connectivity index (χ0n) is 25.8. The minimum atomic E-state index is -0.247. The normalized spacial score (nSPS) is 26.5. The fraction of sp³-hybridized carbons (Fsp3) is 0.595. The second-order valence-electron chi connectivity index (χ2n) is 13.1. The van der Waals surface area contributed by atoms with E-state index in [-0.39, 0.29) is 23.0 Å². The number of fused-ring (bicyclic) bond motifs is 4. The van der Waals surface area contributed by atoms with E-state index < -0.39 is 0 Å². The molecule has 2 saturated carbocycles. The highest BCUT2D eigenvalue weighted by atomic mass is 16.5. The van der Waals surface area contributed by atoms with Crippen molar-refractivity contribution in [2.24, 2.45) is 17.3 Å². The Morgan fingerprint density at radius 3 is 2.62 bits per heavy atom. The number of carbonyl (C=O) groups excluding carboxylic acids is 3. The van der Waals surface area contributed by atoms with Gasteiger partial charge in [0.05, 0.1) is 6.61 Å². The minimum Gasteiger partial charge on any atom is -0.494 e. The van der Waals surface area contributed by atoms with E-state index in [0.717, 1.165) is 82.9 Å². The molecule has 1 amide bonds. The van der Waals surface area contributed by atoms with Gasteiger partial charge in [-0.1, -0.05) is 43.9 Å². The zero-order valence-corrected chi connectivity index (χ0v) is 25.8. The Bertz CT molecular complexity index is 1310. The van der Waals surface area contributed by atoms with Crippen molar-refractivity contribution in [1.82, 2.24) is 4.90 Å². The van der Waals surface area contributed by atoms with Gasteiger partial charge in [-0.2, -0.15) is 0 Å². The lowest BCUT2D eigenvalue weighted by atomic mass is 9.53. The molecule has 5 nitrogen and oxygen atoms in total. The van der Waals surface area contributed by atoms with Gasteiger partial charge in [-0.05, 0) is 110 Å². The molecule has 5 heteroatoms. The van der Waals surface area contributed by atoms with Crippen LogP contribution in [0.15, 0.2) is 47.1 Å². The van der Waals surface area contributed by atoms with Gasteiger partial charge >= 0.3 is 0 Å². The maximum Gasteiger partial charge on any atom is 0.298 e. The predicted molar refractivity (Wildman–Crippen MR) is 166 cm³/mol. The molecule has 2 fully saturated rings. The van der Waals surface area contributed by atoms with Crippen LogP contribution in [0.4, 0.5) is 0 Å². The molecule has 1 aromatic rings. The molecule has 1 aromatic carbocycles. The Morgan fingerprint density at radius 1 is 1.02 bits per heavy atom. The Labute approximate surface area is 252 Å². The third-order valence-electron chi connectivity index (χ3n) is 10.3. The number of hydrogen-bond acceptors (Lipinski definition) is 4. The van der Waals surface area contributed by atoms with Gasteiger partial charge in [-0.25, -0.2) is 0 Å². The fourth-order valence-electron chi connectivity index (χ4n) is 7.94. The third-order valence-corrected chi connectivity index (χ3v) is 10.3. The summed E-state index contributed by atoms with van der Waals surface area (Å²) in [5, 5.41) is 0. The van der Waals surface area contributed by atoms with E-state index in [9.17, 15) is 14.4 Å². The molecule has 0 saturated heterocycles. The molecule has 4 atom stereocenters. The van der Waals surface area contributed by atoms with Crippen LogP contribution in [-0.4, -0.2) is 42.6 Å². The first-order chi connectivity index (χ1) is 20.3. The molecule has 224 valence electrons. The van der Waals surface area contributed by atoms with Crippen molar-refractivity contribution in [3.63, 3.8) is 0 Å². The third kappa shape index (κ3) is 6.43. The van der Waals surface area contributed by atoms with Crippen LogP contribution < -0.4 is 4.74 Å². The molecule has 4 aliphatic carbocycles. The van der Waals surface area contributed by atoms with E-state index in [1.165, 1.54) is 22.3 Å². The lowest BCUT2D eigenvalue weighted by molar-refractivity contribution is -0.128. The average molecular weight is 570 g/mol. The monoisotopic (exact) mass is 569 g/mol. The van der Waals surface area contributed by atoms with Crippen LogP contribution in [0, 0.1) is 29.1 Å². The van der Waals surface area contributed by atoms with Gasteiger partial charge in [-0.15, -0.1) is 0 Å². The van der Waals surface area contributed by atoms with Gasteiger partial charge in [0.1, 0.15) is 11.5 Å². The van der Waals surface area contributed by atoms with Crippen LogP contribution in [0.25, 0.3) is 0 Å². The number of hydrogen-bond donors (Lipinski definition) is 0. The molecular weight excluding hydrogens is 522 g/mol. The number of benzene rings is 1. The zero-order chi connectivity index (χ0) is 29.7. The molecule has 0 N–H and O–H groups in total. The predicted octanol–water partition coefficient (Wildman–Crippen LogP) is 7.36. The first-order valence-corrected chi connectivity index (χ1v) is 16.3. The van der Waals surface area contributed by atoms with Crippen LogP contribution in [0.1, 0.15) is 109 Å². The number of ketones is 2. The molecule has 0 radical (unpaired) electrons. The maximum atomic E-state index is 13.2. The van der Waals surface area contributed by atoms with Crippen molar-refractivity contribution in [3.05, 3.63) is 52.6 Å². The minimum absolute atomic E-state index is 0.0889. The maximum absolute atomic E-state index is 13.2.